The van der Waals surface area contributed by atoms with Gasteiger partial charge in [-0.05, 0) is 69.4 Å². The molecule has 1 aromatic heterocycles. The van der Waals surface area contributed by atoms with Crippen molar-refractivity contribution in [1.82, 2.24) is 9.88 Å². The SMILES string of the molecule is CCCCN(CCC)c1cc(/C(=C(/C#N)C(C)=O)N2CCC3(CCC3)CC2)c(C)cn1. The van der Waals surface area contributed by atoms with E-state index in [0.29, 0.717) is 5.41 Å². The Morgan fingerprint density at radius 1 is 1.19 bits per heavy atom. The molecule has 5 heteroatoms. The van der Waals surface area contributed by atoms with Crippen molar-refractivity contribution < 1.29 is 4.79 Å². The molecule has 1 aliphatic carbocycles. The zero-order valence-corrected chi connectivity index (χ0v) is 19.8. The lowest BCUT2D eigenvalue weighted by Gasteiger charge is -2.49. The van der Waals surface area contributed by atoms with Crippen molar-refractivity contribution in [2.24, 2.45) is 5.41 Å². The number of nitriles is 1. The Labute approximate surface area is 188 Å². The smallest absolute Gasteiger partial charge is 0.172 e. The number of hydrogen-bond acceptors (Lipinski definition) is 5. The molecule has 0 atom stereocenters. The molecule has 1 aromatic rings. The number of carbonyl (C=O) groups excluding carboxylic acids is 1. The number of Topliss-reactive ketones (excluding diaryl/α,β-unsaturated/α-hetero) is 1. The summed E-state index contributed by atoms with van der Waals surface area (Å²) in [5.74, 6) is 0.789. The predicted octanol–water partition coefficient (Wildman–Crippen LogP) is 5.50. The quantitative estimate of drug-likeness (QED) is 0.389. The molecule has 3 rings (SSSR count). The number of likely N-dealkylation sites (tertiary alicyclic amines) is 1. The largest absolute Gasteiger partial charge is 0.370 e. The van der Waals surface area contributed by atoms with Gasteiger partial charge in [0.1, 0.15) is 17.5 Å². The number of pyridine rings is 1. The molecule has 31 heavy (non-hydrogen) atoms. The molecule has 0 unspecified atom stereocenters. The second-order valence-corrected chi connectivity index (χ2v) is 9.43. The molecule has 2 heterocycles. The van der Waals surface area contributed by atoms with Crippen molar-refractivity contribution in [3.8, 4) is 6.07 Å². The van der Waals surface area contributed by atoms with E-state index in [1.807, 2.05) is 13.1 Å². The molecular weight excluding hydrogens is 384 g/mol. The van der Waals surface area contributed by atoms with Gasteiger partial charge in [0.15, 0.2) is 5.78 Å². The number of nitrogens with zero attached hydrogens (tertiary/aromatic N) is 4. The molecule has 1 spiro atoms. The average Bonchev–Trinajstić information content (AvgIpc) is 2.74. The first-order valence-electron chi connectivity index (χ1n) is 12.1. The summed E-state index contributed by atoms with van der Waals surface area (Å²) in [5.41, 5.74) is 3.61. The van der Waals surface area contributed by atoms with Crippen molar-refractivity contribution in [2.45, 2.75) is 79.1 Å². The van der Waals surface area contributed by atoms with E-state index in [4.69, 9.17) is 4.98 Å². The van der Waals surface area contributed by atoms with E-state index < -0.39 is 0 Å². The summed E-state index contributed by atoms with van der Waals surface area (Å²) in [7, 11) is 0. The highest BCUT2D eigenvalue weighted by Crippen LogP contribution is 2.50. The van der Waals surface area contributed by atoms with Gasteiger partial charge < -0.3 is 9.80 Å². The molecule has 0 radical (unpaired) electrons. The van der Waals surface area contributed by atoms with Crippen LogP contribution in [-0.4, -0.2) is 41.8 Å². The van der Waals surface area contributed by atoms with E-state index in [9.17, 15) is 10.1 Å². The van der Waals surface area contributed by atoms with Crippen LogP contribution in [0, 0.1) is 23.7 Å². The van der Waals surface area contributed by atoms with Crippen molar-refractivity contribution in [3.05, 3.63) is 29.0 Å². The average molecular weight is 423 g/mol. The number of unbranched alkanes of at least 4 members (excludes halogenated alkanes) is 1. The number of aromatic nitrogens is 1. The van der Waals surface area contributed by atoms with Gasteiger partial charge in [0, 0.05) is 37.9 Å². The first kappa shape index (κ1) is 23.3. The Morgan fingerprint density at radius 3 is 2.42 bits per heavy atom. The molecule has 1 aliphatic heterocycles. The van der Waals surface area contributed by atoms with Gasteiger partial charge >= 0.3 is 0 Å². The van der Waals surface area contributed by atoms with Crippen molar-refractivity contribution in [3.63, 3.8) is 0 Å². The van der Waals surface area contributed by atoms with Crippen LogP contribution in [0.4, 0.5) is 5.82 Å². The van der Waals surface area contributed by atoms with Gasteiger partial charge in [-0.3, -0.25) is 4.79 Å². The number of carbonyl (C=O) groups is 1. The highest BCUT2D eigenvalue weighted by molar-refractivity contribution is 6.04. The zero-order chi connectivity index (χ0) is 22.4. The van der Waals surface area contributed by atoms with E-state index in [1.54, 1.807) is 0 Å². The normalized spacial score (nSPS) is 18.2. The third kappa shape index (κ3) is 5.11. The van der Waals surface area contributed by atoms with E-state index in [0.717, 1.165) is 80.9 Å². The fraction of sp³-hybridized carbons (Fsp3) is 0.654. The maximum atomic E-state index is 12.5. The summed E-state index contributed by atoms with van der Waals surface area (Å²) in [6, 6.07) is 4.35. The highest BCUT2D eigenvalue weighted by Gasteiger charge is 2.40. The molecule has 0 amide bonds. The number of aryl methyl sites for hydroxylation is 1. The fourth-order valence-corrected chi connectivity index (χ4v) is 5.04. The van der Waals surface area contributed by atoms with Crippen LogP contribution in [-0.2, 0) is 4.79 Å². The number of allylic oxidation sites excluding steroid dienone is 1. The molecule has 0 N–H and O–H groups in total. The van der Waals surface area contributed by atoms with Crippen molar-refractivity contribution in [1.29, 1.82) is 5.26 Å². The predicted molar refractivity (Wildman–Crippen MR) is 127 cm³/mol. The summed E-state index contributed by atoms with van der Waals surface area (Å²) in [4.78, 5) is 21.8. The first-order chi connectivity index (χ1) is 14.9. The summed E-state index contributed by atoms with van der Waals surface area (Å²) in [6.07, 6.45) is 11.6. The van der Waals surface area contributed by atoms with Crippen LogP contribution in [0.3, 0.4) is 0 Å². The van der Waals surface area contributed by atoms with Crippen LogP contribution in [0.5, 0.6) is 0 Å². The van der Waals surface area contributed by atoms with Gasteiger partial charge in [0.25, 0.3) is 0 Å². The molecule has 1 saturated heterocycles. The van der Waals surface area contributed by atoms with Crippen molar-refractivity contribution >= 4 is 17.3 Å². The number of anilines is 1. The van der Waals surface area contributed by atoms with Crippen LogP contribution in [0.25, 0.3) is 5.70 Å². The first-order valence-corrected chi connectivity index (χ1v) is 12.1. The highest BCUT2D eigenvalue weighted by atomic mass is 16.1. The van der Waals surface area contributed by atoms with Crippen molar-refractivity contribution in [2.75, 3.05) is 31.1 Å². The number of hydrogen-bond donors (Lipinski definition) is 0. The lowest BCUT2D eigenvalue weighted by molar-refractivity contribution is -0.113. The minimum absolute atomic E-state index is 0.157. The zero-order valence-electron chi connectivity index (χ0n) is 19.8. The second kappa shape index (κ2) is 10.3. The van der Waals surface area contributed by atoms with Gasteiger partial charge in [0.2, 0.25) is 0 Å². The van der Waals surface area contributed by atoms with E-state index in [1.165, 1.54) is 26.2 Å². The Kier molecular flexibility index (Phi) is 7.75. The van der Waals surface area contributed by atoms with Gasteiger partial charge in [-0.1, -0.05) is 26.7 Å². The Bertz CT molecular complexity index is 853. The van der Waals surface area contributed by atoms with E-state index in [2.05, 4.69) is 35.8 Å². The van der Waals surface area contributed by atoms with Gasteiger partial charge in [-0.2, -0.15) is 5.26 Å². The van der Waals surface area contributed by atoms with Gasteiger partial charge in [-0.25, -0.2) is 4.98 Å². The van der Waals surface area contributed by atoms with E-state index >= 15 is 0 Å². The maximum Gasteiger partial charge on any atom is 0.172 e. The fourth-order valence-electron chi connectivity index (χ4n) is 5.04. The second-order valence-electron chi connectivity index (χ2n) is 9.43. The molecule has 0 bridgehead atoms. The van der Waals surface area contributed by atoms with Gasteiger partial charge in [0.05, 0.1) is 5.70 Å². The van der Waals surface area contributed by atoms with Crippen LogP contribution < -0.4 is 4.90 Å². The summed E-state index contributed by atoms with van der Waals surface area (Å²) >= 11 is 0. The van der Waals surface area contributed by atoms with Crippen LogP contribution in [0.2, 0.25) is 0 Å². The maximum absolute atomic E-state index is 12.5. The third-order valence-corrected chi connectivity index (χ3v) is 7.20. The molecule has 168 valence electrons. The monoisotopic (exact) mass is 422 g/mol. The van der Waals surface area contributed by atoms with Crippen LogP contribution in [0.1, 0.15) is 83.3 Å². The summed E-state index contributed by atoms with van der Waals surface area (Å²) < 4.78 is 0. The minimum atomic E-state index is -0.157. The van der Waals surface area contributed by atoms with E-state index in [-0.39, 0.29) is 11.4 Å². The Balaban J connectivity index is 2.01. The molecule has 2 aliphatic rings. The summed E-state index contributed by atoms with van der Waals surface area (Å²) in [5, 5.41) is 9.91. The molecular formula is C26H38N4O. The standard InChI is InChI=1S/C26H38N4O/c1-5-7-14-29(13-6-2)24-17-22(20(3)19-28-24)25(23(18-27)21(4)31)30-15-11-26(12-16-30)9-8-10-26/h17,19H,5-16H2,1-4H3/b25-23+. The molecule has 0 aromatic carbocycles. The molecule has 2 fully saturated rings. The summed E-state index contributed by atoms with van der Waals surface area (Å²) in [6.45, 7) is 11.7. The Hall–Kier alpha value is -2.35. The number of ketones is 1. The topological polar surface area (TPSA) is 60.2 Å². The Morgan fingerprint density at radius 2 is 1.90 bits per heavy atom. The minimum Gasteiger partial charge on any atom is -0.370 e. The molecule has 5 nitrogen and oxygen atoms in total. The number of piperidine rings is 1. The molecule has 1 saturated carbocycles. The third-order valence-electron chi connectivity index (χ3n) is 7.20. The van der Waals surface area contributed by atoms with Crippen LogP contribution in [0.15, 0.2) is 17.8 Å². The van der Waals surface area contributed by atoms with Gasteiger partial charge in [-0.15, -0.1) is 0 Å². The van der Waals surface area contributed by atoms with Crippen LogP contribution >= 0.6 is 0 Å². The lowest BCUT2D eigenvalue weighted by atomic mass is 9.63. The number of rotatable bonds is 9. The lowest BCUT2D eigenvalue weighted by Crippen LogP contribution is -2.43.